The maximum absolute atomic E-state index is 5.44. The first kappa shape index (κ1) is 14.3. The molecule has 0 fully saturated rings. The van der Waals surface area contributed by atoms with Crippen molar-refractivity contribution >= 4 is 12.4 Å². The second kappa shape index (κ2) is 6.87. The van der Waals surface area contributed by atoms with Crippen molar-refractivity contribution in [3.05, 3.63) is 29.3 Å². The average molecular weight is 256 g/mol. The summed E-state index contributed by atoms with van der Waals surface area (Å²) in [7, 11) is 1.76. The zero-order valence-corrected chi connectivity index (χ0v) is 11.5. The molecule has 2 nitrogen and oxygen atoms in total. The van der Waals surface area contributed by atoms with Gasteiger partial charge in [-0.1, -0.05) is 19.1 Å². The van der Waals surface area contributed by atoms with Gasteiger partial charge in [-0.25, -0.2) is 0 Å². The smallest absolute Gasteiger partial charge is 0.122 e. The quantitative estimate of drug-likeness (QED) is 0.893. The first-order valence-electron chi connectivity index (χ1n) is 6.23. The van der Waals surface area contributed by atoms with E-state index in [0.717, 1.165) is 18.7 Å². The predicted octanol–water partition coefficient (Wildman–Crippen LogP) is 2.97. The molecule has 1 N–H and O–H groups in total. The second-order valence-corrected chi connectivity index (χ2v) is 4.49. The Morgan fingerprint density at radius 1 is 1.41 bits per heavy atom. The SMILES string of the molecule is CCCN[C@@H]1CCc2cccc(OC)c2C1.Cl. The molecule has 2 rings (SSSR count). The summed E-state index contributed by atoms with van der Waals surface area (Å²) >= 11 is 0. The molecule has 0 aromatic heterocycles. The van der Waals surface area contributed by atoms with Crippen LogP contribution in [-0.2, 0) is 12.8 Å². The van der Waals surface area contributed by atoms with Crippen molar-refractivity contribution in [3.8, 4) is 5.75 Å². The van der Waals surface area contributed by atoms with E-state index in [4.69, 9.17) is 4.74 Å². The Kier molecular flexibility index (Phi) is 5.79. The summed E-state index contributed by atoms with van der Waals surface area (Å²) in [6.45, 7) is 3.33. The van der Waals surface area contributed by atoms with Crippen LogP contribution >= 0.6 is 12.4 Å². The fourth-order valence-electron chi connectivity index (χ4n) is 2.47. The van der Waals surface area contributed by atoms with Gasteiger partial charge in [-0.05, 0) is 49.4 Å². The Hall–Kier alpha value is -0.730. The van der Waals surface area contributed by atoms with E-state index in [9.17, 15) is 0 Å². The normalized spacial score (nSPS) is 18.1. The molecule has 1 aliphatic carbocycles. The predicted molar refractivity (Wildman–Crippen MR) is 74.3 cm³/mol. The van der Waals surface area contributed by atoms with Crippen LogP contribution in [0.2, 0.25) is 0 Å². The van der Waals surface area contributed by atoms with E-state index in [-0.39, 0.29) is 12.4 Å². The summed E-state index contributed by atoms with van der Waals surface area (Å²) in [6, 6.07) is 7.02. The van der Waals surface area contributed by atoms with E-state index >= 15 is 0 Å². The third kappa shape index (κ3) is 3.36. The fraction of sp³-hybridized carbons (Fsp3) is 0.571. The minimum atomic E-state index is 0. The van der Waals surface area contributed by atoms with Crippen LogP contribution in [0.15, 0.2) is 18.2 Å². The maximum atomic E-state index is 5.44. The highest BCUT2D eigenvalue weighted by molar-refractivity contribution is 5.85. The number of rotatable bonds is 4. The highest BCUT2D eigenvalue weighted by Crippen LogP contribution is 2.29. The lowest BCUT2D eigenvalue weighted by molar-refractivity contribution is 0.394. The minimum Gasteiger partial charge on any atom is -0.496 e. The summed E-state index contributed by atoms with van der Waals surface area (Å²) in [5.41, 5.74) is 2.87. The zero-order chi connectivity index (χ0) is 11.4. The van der Waals surface area contributed by atoms with E-state index in [1.165, 1.54) is 30.4 Å². The van der Waals surface area contributed by atoms with Crippen LogP contribution in [0.3, 0.4) is 0 Å². The van der Waals surface area contributed by atoms with E-state index in [1.54, 1.807) is 7.11 Å². The van der Waals surface area contributed by atoms with Gasteiger partial charge in [0.25, 0.3) is 0 Å². The topological polar surface area (TPSA) is 21.3 Å². The van der Waals surface area contributed by atoms with Gasteiger partial charge in [0, 0.05) is 6.04 Å². The van der Waals surface area contributed by atoms with Gasteiger partial charge < -0.3 is 10.1 Å². The molecule has 1 atom stereocenters. The number of nitrogens with one attached hydrogen (secondary N) is 1. The van der Waals surface area contributed by atoms with Crippen LogP contribution in [0.5, 0.6) is 5.75 Å². The molecular weight excluding hydrogens is 234 g/mol. The molecular formula is C14H22ClNO. The number of ether oxygens (including phenoxy) is 1. The lowest BCUT2D eigenvalue weighted by atomic mass is 9.87. The first-order valence-corrected chi connectivity index (χ1v) is 6.23. The fourth-order valence-corrected chi connectivity index (χ4v) is 2.47. The van der Waals surface area contributed by atoms with Crippen molar-refractivity contribution in [1.29, 1.82) is 0 Å². The van der Waals surface area contributed by atoms with Crippen LogP contribution < -0.4 is 10.1 Å². The van der Waals surface area contributed by atoms with Crippen LogP contribution in [0, 0.1) is 0 Å². The molecule has 0 unspecified atom stereocenters. The maximum Gasteiger partial charge on any atom is 0.122 e. The van der Waals surface area contributed by atoms with E-state index in [0.29, 0.717) is 6.04 Å². The van der Waals surface area contributed by atoms with Gasteiger partial charge in [0.2, 0.25) is 0 Å². The summed E-state index contributed by atoms with van der Waals surface area (Å²) in [4.78, 5) is 0. The van der Waals surface area contributed by atoms with Gasteiger partial charge in [0.1, 0.15) is 5.75 Å². The Labute approximate surface area is 110 Å². The Bertz CT molecular complexity index is 340. The molecule has 1 aromatic rings. The molecule has 0 aliphatic heterocycles. The van der Waals surface area contributed by atoms with Gasteiger partial charge in [-0.15, -0.1) is 12.4 Å². The molecule has 0 bridgehead atoms. The molecule has 1 aromatic carbocycles. The lowest BCUT2D eigenvalue weighted by Gasteiger charge is -2.26. The lowest BCUT2D eigenvalue weighted by Crippen LogP contribution is -2.35. The van der Waals surface area contributed by atoms with Crippen LogP contribution in [-0.4, -0.2) is 19.7 Å². The van der Waals surface area contributed by atoms with Crippen LogP contribution in [0.4, 0.5) is 0 Å². The Morgan fingerprint density at radius 3 is 2.94 bits per heavy atom. The van der Waals surface area contributed by atoms with Crippen molar-refractivity contribution < 1.29 is 4.74 Å². The van der Waals surface area contributed by atoms with Gasteiger partial charge in [-0.3, -0.25) is 0 Å². The second-order valence-electron chi connectivity index (χ2n) is 4.49. The molecule has 0 saturated heterocycles. The Morgan fingerprint density at radius 2 is 2.24 bits per heavy atom. The van der Waals surface area contributed by atoms with Gasteiger partial charge in [-0.2, -0.15) is 0 Å². The van der Waals surface area contributed by atoms with Crippen molar-refractivity contribution in [1.82, 2.24) is 5.32 Å². The molecule has 0 amide bonds. The average Bonchev–Trinajstić information content (AvgIpc) is 2.35. The number of hydrogen-bond acceptors (Lipinski definition) is 2. The summed E-state index contributed by atoms with van der Waals surface area (Å²) in [6.07, 6.45) is 4.74. The summed E-state index contributed by atoms with van der Waals surface area (Å²) in [5, 5.41) is 3.61. The molecule has 1 aliphatic rings. The molecule has 0 radical (unpaired) electrons. The molecule has 96 valence electrons. The third-order valence-electron chi connectivity index (χ3n) is 3.35. The molecule has 3 heteroatoms. The number of hydrogen-bond donors (Lipinski definition) is 1. The zero-order valence-electron chi connectivity index (χ0n) is 10.7. The standard InChI is InChI=1S/C14H21NO.ClH/c1-3-9-15-12-8-7-11-5-4-6-14(16-2)13(11)10-12;/h4-6,12,15H,3,7-10H2,1-2H3;1H/t12-;/m1./s1. The molecule has 0 spiro atoms. The molecule has 0 heterocycles. The van der Waals surface area contributed by atoms with Crippen LogP contribution in [0.25, 0.3) is 0 Å². The number of fused-ring (bicyclic) bond motifs is 1. The Balaban J connectivity index is 0.00000144. The van der Waals surface area contributed by atoms with Crippen LogP contribution in [0.1, 0.15) is 30.9 Å². The number of benzene rings is 1. The van der Waals surface area contributed by atoms with Crippen molar-refractivity contribution in [2.75, 3.05) is 13.7 Å². The highest BCUT2D eigenvalue weighted by atomic mass is 35.5. The summed E-state index contributed by atoms with van der Waals surface area (Å²) < 4.78 is 5.44. The summed E-state index contributed by atoms with van der Waals surface area (Å²) in [5.74, 6) is 1.06. The largest absolute Gasteiger partial charge is 0.496 e. The third-order valence-corrected chi connectivity index (χ3v) is 3.35. The number of halogens is 1. The van der Waals surface area contributed by atoms with E-state index in [1.807, 2.05) is 0 Å². The highest BCUT2D eigenvalue weighted by Gasteiger charge is 2.20. The van der Waals surface area contributed by atoms with E-state index < -0.39 is 0 Å². The number of aryl methyl sites for hydroxylation is 1. The van der Waals surface area contributed by atoms with Crippen molar-refractivity contribution in [2.45, 2.75) is 38.6 Å². The minimum absolute atomic E-state index is 0. The molecule has 17 heavy (non-hydrogen) atoms. The monoisotopic (exact) mass is 255 g/mol. The first-order chi connectivity index (χ1) is 7.85. The van der Waals surface area contributed by atoms with Gasteiger partial charge in [0.15, 0.2) is 0 Å². The van der Waals surface area contributed by atoms with E-state index in [2.05, 4.69) is 30.4 Å². The van der Waals surface area contributed by atoms with Crippen molar-refractivity contribution in [3.63, 3.8) is 0 Å². The number of methoxy groups -OCH3 is 1. The van der Waals surface area contributed by atoms with Crippen molar-refractivity contribution in [2.24, 2.45) is 0 Å². The van der Waals surface area contributed by atoms with Gasteiger partial charge >= 0.3 is 0 Å². The van der Waals surface area contributed by atoms with Gasteiger partial charge in [0.05, 0.1) is 7.11 Å². The molecule has 0 saturated carbocycles.